The van der Waals surface area contributed by atoms with E-state index < -0.39 is 5.97 Å². The molecule has 1 aromatic heterocycles. The van der Waals surface area contributed by atoms with Crippen LogP contribution in [0.5, 0.6) is 5.75 Å². The molecule has 0 aliphatic carbocycles. The summed E-state index contributed by atoms with van der Waals surface area (Å²) in [5.41, 5.74) is 1.10. The van der Waals surface area contributed by atoms with Gasteiger partial charge in [-0.15, -0.1) is 0 Å². The highest BCUT2D eigenvalue weighted by Crippen LogP contribution is 2.37. The first-order chi connectivity index (χ1) is 9.75. The summed E-state index contributed by atoms with van der Waals surface area (Å²) in [5.74, 6) is 0.389. The number of nitrogens with zero attached hydrogens (tertiary/aromatic N) is 2. The van der Waals surface area contributed by atoms with Crippen LogP contribution in [0.2, 0.25) is 0 Å². The van der Waals surface area contributed by atoms with Crippen LogP contribution in [0.15, 0.2) is 42.9 Å². The first-order valence-corrected chi connectivity index (χ1v) is 6.44. The van der Waals surface area contributed by atoms with Gasteiger partial charge in [-0.25, -0.2) is 9.78 Å². The summed E-state index contributed by atoms with van der Waals surface area (Å²) in [6, 6.07) is 7.60. The summed E-state index contributed by atoms with van der Waals surface area (Å²) in [4.78, 5) is 19.9. The van der Waals surface area contributed by atoms with E-state index in [9.17, 15) is 4.79 Å². The van der Waals surface area contributed by atoms with Gasteiger partial charge in [-0.05, 0) is 6.07 Å². The van der Waals surface area contributed by atoms with Crippen LogP contribution in [-0.2, 0) is 4.74 Å². The van der Waals surface area contributed by atoms with Crippen LogP contribution in [0, 0.1) is 5.92 Å². The molecule has 1 aromatic carbocycles. The average Bonchev–Trinajstić information content (AvgIpc) is 2.51. The van der Waals surface area contributed by atoms with Crippen LogP contribution in [0.1, 0.15) is 29.1 Å². The molecule has 1 aliphatic heterocycles. The summed E-state index contributed by atoms with van der Waals surface area (Å²) in [5, 5.41) is 0. The lowest BCUT2D eigenvalue weighted by molar-refractivity contribution is -0.000843. The highest BCUT2D eigenvalue weighted by molar-refractivity contribution is 5.87. The smallest absolute Gasteiger partial charge is 0.359 e. The van der Waals surface area contributed by atoms with Gasteiger partial charge in [0.25, 0.3) is 0 Å². The molecule has 5 heteroatoms. The number of benzene rings is 1. The lowest BCUT2D eigenvalue weighted by Gasteiger charge is -2.30. The van der Waals surface area contributed by atoms with Crippen LogP contribution in [0.25, 0.3) is 0 Å². The van der Waals surface area contributed by atoms with Crippen molar-refractivity contribution in [2.24, 2.45) is 5.92 Å². The summed E-state index contributed by atoms with van der Waals surface area (Å²) >= 11 is 0. The molecular weight excluding hydrogens is 256 g/mol. The molecular formula is C15H14N2O3. The Morgan fingerprint density at radius 2 is 2.20 bits per heavy atom. The Bertz CT molecular complexity index is 616. The van der Waals surface area contributed by atoms with Crippen LogP contribution >= 0.6 is 0 Å². The molecule has 5 nitrogen and oxygen atoms in total. The zero-order valence-corrected chi connectivity index (χ0v) is 11.0. The second kappa shape index (κ2) is 5.28. The Hall–Kier alpha value is -2.43. The van der Waals surface area contributed by atoms with Crippen molar-refractivity contribution < 1.29 is 14.3 Å². The van der Waals surface area contributed by atoms with Crippen LogP contribution in [-0.4, -0.2) is 22.5 Å². The molecule has 0 unspecified atom stereocenters. The lowest BCUT2D eigenvalue weighted by atomic mass is 9.94. The van der Waals surface area contributed by atoms with Crippen molar-refractivity contribution in [3.63, 3.8) is 0 Å². The quantitative estimate of drug-likeness (QED) is 0.784. The molecule has 3 rings (SSSR count). The molecule has 0 saturated heterocycles. The molecule has 2 aromatic rings. The Morgan fingerprint density at radius 1 is 1.35 bits per heavy atom. The van der Waals surface area contributed by atoms with Crippen LogP contribution in [0.4, 0.5) is 0 Å². The number of esters is 1. The van der Waals surface area contributed by atoms with Gasteiger partial charge in [0.05, 0.1) is 12.8 Å². The minimum absolute atomic E-state index is 0.0884. The number of carbonyl (C=O) groups is 1. The molecule has 102 valence electrons. The van der Waals surface area contributed by atoms with Crippen molar-refractivity contribution >= 4 is 5.97 Å². The number of aromatic nitrogens is 2. The maximum atomic E-state index is 12.1. The maximum absolute atomic E-state index is 12.1. The number of hydrogen-bond acceptors (Lipinski definition) is 5. The molecule has 20 heavy (non-hydrogen) atoms. The predicted molar refractivity (Wildman–Crippen MR) is 71.3 cm³/mol. The molecule has 2 atom stereocenters. The highest BCUT2D eigenvalue weighted by Gasteiger charge is 2.31. The summed E-state index contributed by atoms with van der Waals surface area (Å²) in [7, 11) is 0. The third-order valence-corrected chi connectivity index (χ3v) is 3.25. The maximum Gasteiger partial charge on any atom is 0.359 e. The second-order valence-corrected chi connectivity index (χ2v) is 4.74. The number of para-hydroxylation sites is 1. The summed E-state index contributed by atoms with van der Waals surface area (Å²) < 4.78 is 11.2. The average molecular weight is 270 g/mol. The van der Waals surface area contributed by atoms with Crippen LogP contribution in [0.3, 0.4) is 0 Å². The number of rotatable bonds is 2. The standard InChI is InChI=1S/C15H14N2O3/c1-10-9-19-13-5-3-2-4-11(13)14(10)20-15(18)12-8-16-6-7-17-12/h2-8,10,14H,9H2,1H3/t10-,14+/m0/s1. The molecule has 0 saturated carbocycles. The van der Waals surface area contributed by atoms with Crippen molar-refractivity contribution in [2.45, 2.75) is 13.0 Å². The van der Waals surface area contributed by atoms with Gasteiger partial charge in [0.1, 0.15) is 11.9 Å². The van der Waals surface area contributed by atoms with Crippen molar-refractivity contribution in [1.82, 2.24) is 9.97 Å². The number of carbonyl (C=O) groups excluding carboxylic acids is 1. The Labute approximate surface area is 116 Å². The number of hydrogen-bond donors (Lipinski definition) is 0. The van der Waals surface area contributed by atoms with Gasteiger partial charge in [0.15, 0.2) is 5.69 Å². The third kappa shape index (κ3) is 2.34. The summed E-state index contributed by atoms with van der Waals surface area (Å²) in [6.45, 7) is 2.51. The molecule has 2 heterocycles. The van der Waals surface area contributed by atoms with Gasteiger partial charge in [-0.1, -0.05) is 25.1 Å². The van der Waals surface area contributed by atoms with Crippen LogP contribution < -0.4 is 4.74 Å². The van der Waals surface area contributed by atoms with E-state index in [1.54, 1.807) is 0 Å². The minimum atomic E-state index is -0.466. The normalized spacial score (nSPS) is 20.6. The van der Waals surface area contributed by atoms with Gasteiger partial charge in [0.2, 0.25) is 0 Å². The van der Waals surface area contributed by atoms with E-state index in [0.29, 0.717) is 6.61 Å². The fourth-order valence-electron chi connectivity index (χ4n) is 2.22. The van der Waals surface area contributed by atoms with Crippen molar-refractivity contribution in [3.05, 3.63) is 54.1 Å². The minimum Gasteiger partial charge on any atom is -0.493 e. The zero-order valence-electron chi connectivity index (χ0n) is 11.0. The molecule has 0 N–H and O–H groups in total. The van der Waals surface area contributed by atoms with Gasteiger partial charge in [-0.2, -0.15) is 0 Å². The monoisotopic (exact) mass is 270 g/mol. The predicted octanol–water partition coefficient (Wildman–Crippen LogP) is 2.40. The van der Waals surface area contributed by atoms with E-state index in [2.05, 4.69) is 9.97 Å². The molecule has 0 bridgehead atoms. The zero-order chi connectivity index (χ0) is 13.9. The fourth-order valence-corrected chi connectivity index (χ4v) is 2.22. The topological polar surface area (TPSA) is 61.3 Å². The van der Waals surface area contributed by atoms with E-state index in [0.717, 1.165) is 11.3 Å². The number of ether oxygens (including phenoxy) is 2. The Morgan fingerprint density at radius 3 is 3.00 bits per heavy atom. The molecule has 1 aliphatic rings. The molecule has 0 spiro atoms. The fraction of sp³-hybridized carbons (Fsp3) is 0.267. The molecule has 0 amide bonds. The largest absolute Gasteiger partial charge is 0.493 e. The van der Waals surface area contributed by atoms with E-state index in [-0.39, 0.29) is 17.7 Å². The van der Waals surface area contributed by atoms with E-state index >= 15 is 0 Å². The van der Waals surface area contributed by atoms with Gasteiger partial charge < -0.3 is 9.47 Å². The second-order valence-electron chi connectivity index (χ2n) is 4.74. The van der Waals surface area contributed by atoms with Crippen molar-refractivity contribution in [1.29, 1.82) is 0 Å². The first-order valence-electron chi connectivity index (χ1n) is 6.44. The Kier molecular flexibility index (Phi) is 3.33. The van der Waals surface area contributed by atoms with Gasteiger partial charge >= 0.3 is 5.97 Å². The summed E-state index contributed by atoms with van der Waals surface area (Å²) in [6.07, 6.45) is 4.06. The lowest BCUT2D eigenvalue weighted by Crippen LogP contribution is -2.27. The molecule has 0 radical (unpaired) electrons. The van der Waals surface area contributed by atoms with Crippen molar-refractivity contribution in [2.75, 3.05) is 6.61 Å². The van der Waals surface area contributed by atoms with E-state index in [4.69, 9.17) is 9.47 Å². The third-order valence-electron chi connectivity index (χ3n) is 3.25. The SMILES string of the molecule is C[C@H]1COc2ccccc2[C@@H]1OC(=O)c1cnccn1. The number of fused-ring (bicyclic) bond motifs is 1. The van der Waals surface area contributed by atoms with Crippen molar-refractivity contribution in [3.8, 4) is 5.75 Å². The van der Waals surface area contributed by atoms with Gasteiger partial charge in [0, 0.05) is 23.9 Å². The van der Waals surface area contributed by atoms with Gasteiger partial charge in [-0.3, -0.25) is 4.98 Å². The Balaban J connectivity index is 1.85. The first kappa shape index (κ1) is 12.6. The molecule has 0 fully saturated rings. The van der Waals surface area contributed by atoms with E-state index in [1.165, 1.54) is 18.6 Å². The highest BCUT2D eigenvalue weighted by atomic mass is 16.6. The van der Waals surface area contributed by atoms with E-state index in [1.807, 2.05) is 31.2 Å².